The zero-order valence-electron chi connectivity index (χ0n) is 15.7. The molecule has 0 aromatic heterocycles. The Bertz CT molecular complexity index is 937. The summed E-state index contributed by atoms with van der Waals surface area (Å²) in [5.41, 5.74) is 5.64. The van der Waals surface area contributed by atoms with Crippen LogP contribution < -0.4 is 10.2 Å². The summed E-state index contributed by atoms with van der Waals surface area (Å²) in [6.45, 7) is 3.77. The van der Waals surface area contributed by atoms with Crippen molar-refractivity contribution in [3.63, 3.8) is 0 Å². The lowest BCUT2D eigenvalue weighted by molar-refractivity contribution is -0.117. The molecule has 0 radical (unpaired) electrons. The highest BCUT2D eigenvalue weighted by Crippen LogP contribution is 2.41. The number of nitrogens with one attached hydrogen (secondary N) is 1. The van der Waals surface area contributed by atoms with E-state index in [2.05, 4.69) is 66.8 Å². The van der Waals surface area contributed by atoms with Crippen molar-refractivity contribution in [3.05, 3.63) is 84.4 Å². The van der Waals surface area contributed by atoms with Crippen molar-refractivity contribution in [2.24, 2.45) is 0 Å². The van der Waals surface area contributed by atoms with E-state index in [0.29, 0.717) is 0 Å². The van der Waals surface area contributed by atoms with Crippen molar-refractivity contribution in [1.29, 1.82) is 0 Å². The third-order valence-electron chi connectivity index (χ3n) is 5.24. The number of fused-ring (bicyclic) bond motifs is 1. The average molecular weight is 356 g/mol. The highest BCUT2D eigenvalue weighted by atomic mass is 16.2. The zero-order valence-corrected chi connectivity index (χ0v) is 15.7. The summed E-state index contributed by atoms with van der Waals surface area (Å²) in [7, 11) is 0. The fraction of sp³-hybridized carbons (Fsp3) is 0.208. The Hall–Kier alpha value is -3.07. The Morgan fingerprint density at radius 2 is 1.59 bits per heavy atom. The maximum atomic E-state index is 12.3. The lowest BCUT2D eigenvalue weighted by Crippen LogP contribution is -2.43. The van der Waals surface area contributed by atoms with Gasteiger partial charge in [-0.2, -0.15) is 0 Å². The number of nitrogens with zero attached hydrogens (tertiary/aromatic N) is 1. The van der Waals surface area contributed by atoms with Crippen molar-refractivity contribution in [3.8, 4) is 11.1 Å². The second kappa shape index (κ2) is 7.28. The molecule has 0 spiro atoms. The molecule has 0 saturated carbocycles. The van der Waals surface area contributed by atoms with Gasteiger partial charge in [0, 0.05) is 24.3 Å². The van der Waals surface area contributed by atoms with Crippen LogP contribution in [0.3, 0.4) is 0 Å². The predicted molar refractivity (Wildman–Crippen MR) is 112 cm³/mol. The molecule has 0 bridgehead atoms. The first-order valence-corrected chi connectivity index (χ1v) is 9.44. The van der Waals surface area contributed by atoms with Crippen LogP contribution in [0.25, 0.3) is 11.1 Å². The molecule has 1 aliphatic rings. The van der Waals surface area contributed by atoms with Gasteiger partial charge in [0.1, 0.15) is 0 Å². The molecule has 136 valence electrons. The molecule has 4 rings (SSSR count). The Balaban J connectivity index is 1.79. The normalized spacial score (nSPS) is 18.7. The fourth-order valence-corrected chi connectivity index (χ4v) is 4.03. The van der Waals surface area contributed by atoms with Gasteiger partial charge >= 0.3 is 0 Å². The van der Waals surface area contributed by atoms with E-state index in [9.17, 15) is 4.79 Å². The van der Waals surface area contributed by atoms with E-state index >= 15 is 0 Å². The minimum atomic E-state index is 0.0920. The first-order chi connectivity index (χ1) is 13.1. The molecule has 3 aromatic rings. The van der Waals surface area contributed by atoms with Gasteiger partial charge in [0.15, 0.2) is 0 Å². The molecule has 3 heteroatoms. The summed E-state index contributed by atoms with van der Waals surface area (Å²) in [4.78, 5) is 14.2. The van der Waals surface area contributed by atoms with Gasteiger partial charge in [-0.3, -0.25) is 4.79 Å². The van der Waals surface area contributed by atoms with Crippen LogP contribution in [0.15, 0.2) is 78.9 Å². The smallest absolute Gasteiger partial charge is 0.224 e. The van der Waals surface area contributed by atoms with E-state index in [1.165, 1.54) is 16.7 Å². The van der Waals surface area contributed by atoms with Crippen molar-refractivity contribution in [1.82, 2.24) is 0 Å². The van der Waals surface area contributed by atoms with Gasteiger partial charge in [0.25, 0.3) is 0 Å². The molecule has 1 aliphatic heterocycles. The van der Waals surface area contributed by atoms with Gasteiger partial charge in [-0.25, -0.2) is 0 Å². The first kappa shape index (κ1) is 17.3. The summed E-state index contributed by atoms with van der Waals surface area (Å²) >= 11 is 0. The van der Waals surface area contributed by atoms with Crippen LogP contribution in [0.1, 0.15) is 31.9 Å². The van der Waals surface area contributed by atoms with Gasteiger partial charge in [0.2, 0.25) is 5.91 Å². The number of amides is 1. The number of hydrogen-bond donors (Lipinski definition) is 1. The number of anilines is 2. The zero-order chi connectivity index (χ0) is 18.8. The summed E-state index contributed by atoms with van der Waals surface area (Å²) < 4.78 is 0. The van der Waals surface area contributed by atoms with E-state index < -0.39 is 0 Å². The lowest BCUT2D eigenvalue weighted by atomic mass is 9.89. The lowest BCUT2D eigenvalue weighted by Gasteiger charge is -2.39. The highest BCUT2D eigenvalue weighted by molar-refractivity contribution is 5.94. The number of carbonyl (C=O) groups is 1. The van der Waals surface area contributed by atoms with E-state index in [4.69, 9.17) is 0 Å². The standard InChI is InChI=1S/C24H24N2O/c1-17-15-23(25-21-11-7-4-8-12-21)22-16-20(19-9-5-3-6-10-19)13-14-24(22)26(17)18(2)27/h3-14,16-17,23,25H,15H2,1-2H3. The number of para-hydroxylation sites is 1. The third-order valence-corrected chi connectivity index (χ3v) is 5.24. The summed E-state index contributed by atoms with van der Waals surface area (Å²) in [6, 6.07) is 27.4. The Morgan fingerprint density at radius 1 is 0.926 bits per heavy atom. The SMILES string of the molecule is CC(=O)N1c2ccc(-c3ccccc3)cc2C(Nc2ccccc2)CC1C. The van der Waals surface area contributed by atoms with Gasteiger partial charge in [-0.05, 0) is 54.3 Å². The van der Waals surface area contributed by atoms with Crippen molar-refractivity contribution < 1.29 is 4.79 Å². The van der Waals surface area contributed by atoms with Crippen LogP contribution in [0.2, 0.25) is 0 Å². The molecule has 0 fully saturated rings. The molecule has 1 heterocycles. The Labute approximate surface area is 160 Å². The fourth-order valence-electron chi connectivity index (χ4n) is 4.03. The van der Waals surface area contributed by atoms with Crippen LogP contribution >= 0.6 is 0 Å². The van der Waals surface area contributed by atoms with Gasteiger partial charge < -0.3 is 10.2 Å². The minimum Gasteiger partial charge on any atom is -0.378 e. The maximum Gasteiger partial charge on any atom is 0.224 e. The maximum absolute atomic E-state index is 12.3. The van der Waals surface area contributed by atoms with Crippen LogP contribution in [-0.2, 0) is 4.79 Å². The minimum absolute atomic E-state index is 0.0920. The van der Waals surface area contributed by atoms with E-state index in [-0.39, 0.29) is 18.0 Å². The molecule has 1 N–H and O–H groups in total. The second-order valence-electron chi connectivity index (χ2n) is 7.18. The third kappa shape index (κ3) is 3.45. The number of hydrogen-bond acceptors (Lipinski definition) is 2. The number of rotatable bonds is 3. The average Bonchev–Trinajstić information content (AvgIpc) is 2.69. The Morgan fingerprint density at radius 3 is 2.26 bits per heavy atom. The monoisotopic (exact) mass is 356 g/mol. The topological polar surface area (TPSA) is 32.3 Å². The quantitative estimate of drug-likeness (QED) is 0.657. The van der Waals surface area contributed by atoms with Crippen LogP contribution in [0.4, 0.5) is 11.4 Å². The summed E-state index contributed by atoms with van der Waals surface area (Å²) in [6.07, 6.45) is 0.875. The van der Waals surface area contributed by atoms with Crippen LogP contribution in [-0.4, -0.2) is 11.9 Å². The molecular weight excluding hydrogens is 332 g/mol. The first-order valence-electron chi connectivity index (χ1n) is 9.44. The van der Waals surface area contributed by atoms with Gasteiger partial charge in [0.05, 0.1) is 6.04 Å². The molecule has 0 aliphatic carbocycles. The molecule has 0 saturated heterocycles. The molecule has 3 nitrogen and oxygen atoms in total. The highest BCUT2D eigenvalue weighted by Gasteiger charge is 2.32. The van der Waals surface area contributed by atoms with Crippen molar-refractivity contribution in [2.45, 2.75) is 32.4 Å². The predicted octanol–water partition coefficient (Wildman–Crippen LogP) is 5.65. The van der Waals surface area contributed by atoms with Crippen LogP contribution in [0.5, 0.6) is 0 Å². The van der Waals surface area contributed by atoms with Gasteiger partial charge in [-0.15, -0.1) is 0 Å². The molecular formula is C24H24N2O. The molecule has 1 amide bonds. The number of benzene rings is 3. The van der Waals surface area contributed by atoms with Crippen LogP contribution in [0, 0.1) is 0 Å². The van der Waals surface area contributed by atoms with Crippen molar-refractivity contribution >= 4 is 17.3 Å². The van der Waals surface area contributed by atoms with Gasteiger partial charge in [-0.1, -0.05) is 54.6 Å². The molecule has 27 heavy (non-hydrogen) atoms. The molecule has 3 aromatic carbocycles. The number of carbonyl (C=O) groups excluding carboxylic acids is 1. The summed E-state index contributed by atoms with van der Waals surface area (Å²) in [5, 5.41) is 3.67. The second-order valence-corrected chi connectivity index (χ2v) is 7.18. The molecule has 2 atom stereocenters. The Kier molecular flexibility index (Phi) is 4.68. The summed E-state index contributed by atoms with van der Waals surface area (Å²) in [5.74, 6) is 0.0920. The van der Waals surface area contributed by atoms with E-state index in [1.54, 1.807) is 6.92 Å². The molecule has 2 unspecified atom stereocenters. The van der Waals surface area contributed by atoms with E-state index in [1.807, 2.05) is 29.2 Å². The van der Waals surface area contributed by atoms with Crippen molar-refractivity contribution in [2.75, 3.05) is 10.2 Å². The largest absolute Gasteiger partial charge is 0.378 e. The van der Waals surface area contributed by atoms with E-state index in [0.717, 1.165) is 17.8 Å².